The van der Waals surface area contributed by atoms with E-state index >= 15 is 0 Å². The van der Waals surface area contributed by atoms with Gasteiger partial charge in [-0.3, -0.25) is 0 Å². The number of hydrogen-bond donors (Lipinski definition) is 1. The molecule has 1 N–H and O–H groups in total. The standard InChI is InChI=1S/C14H15ClFNS/c1-10(7-13-3-2-6-18-13)17-9-11-8-12(16)4-5-14(11)15/h2-6,8,10,17H,7,9H2,1H3. The van der Waals surface area contributed by atoms with Gasteiger partial charge in [0.05, 0.1) is 0 Å². The Kier molecular flexibility index (Phi) is 4.75. The molecule has 2 aromatic rings. The van der Waals surface area contributed by atoms with Gasteiger partial charge in [-0.1, -0.05) is 17.7 Å². The number of halogens is 2. The molecule has 1 unspecified atom stereocenters. The molecule has 0 radical (unpaired) electrons. The first kappa shape index (κ1) is 13.5. The van der Waals surface area contributed by atoms with Crippen molar-refractivity contribution in [2.45, 2.75) is 25.9 Å². The minimum Gasteiger partial charge on any atom is -0.310 e. The van der Waals surface area contributed by atoms with Gasteiger partial charge in [0.1, 0.15) is 5.82 Å². The van der Waals surface area contributed by atoms with Gasteiger partial charge >= 0.3 is 0 Å². The Balaban J connectivity index is 1.89. The van der Waals surface area contributed by atoms with Crippen LogP contribution in [0.15, 0.2) is 35.7 Å². The summed E-state index contributed by atoms with van der Waals surface area (Å²) in [5.74, 6) is -0.248. The van der Waals surface area contributed by atoms with Crippen LogP contribution in [0.2, 0.25) is 5.02 Å². The lowest BCUT2D eigenvalue weighted by atomic mass is 10.1. The summed E-state index contributed by atoms with van der Waals surface area (Å²) in [7, 11) is 0. The zero-order chi connectivity index (χ0) is 13.0. The number of hydrogen-bond acceptors (Lipinski definition) is 2. The molecule has 0 aliphatic rings. The first-order valence-electron chi connectivity index (χ1n) is 5.85. The van der Waals surface area contributed by atoms with Crippen molar-refractivity contribution in [3.05, 3.63) is 57.0 Å². The third-order valence-electron chi connectivity index (χ3n) is 2.74. The first-order chi connectivity index (χ1) is 8.65. The van der Waals surface area contributed by atoms with Crippen molar-refractivity contribution < 1.29 is 4.39 Å². The molecular formula is C14H15ClFNS. The molecule has 0 saturated carbocycles. The van der Waals surface area contributed by atoms with E-state index in [1.54, 1.807) is 17.4 Å². The second-order valence-electron chi connectivity index (χ2n) is 4.30. The van der Waals surface area contributed by atoms with E-state index in [1.807, 2.05) is 0 Å². The summed E-state index contributed by atoms with van der Waals surface area (Å²) in [4.78, 5) is 1.35. The van der Waals surface area contributed by atoms with E-state index in [4.69, 9.17) is 11.6 Å². The van der Waals surface area contributed by atoms with E-state index in [0.29, 0.717) is 17.6 Å². The van der Waals surface area contributed by atoms with Crippen LogP contribution in [0.4, 0.5) is 4.39 Å². The van der Waals surface area contributed by atoms with Gasteiger partial charge in [-0.2, -0.15) is 0 Å². The molecule has 0 saturated heterocycles. The van der Waals surface area contributed by atoms with Gasteiger partial charge < -0.3 is 5.32 Å². The Bertz CT molecular complexity index is 499. The van der Waals surface area contributed by atoms with Crippen LogP contribution in [-0.4, -0.2) is 6.04 Å². The quantitative estimate of drug-likeness (QED) is 0.864. The second-order valence-corrected chi connectivity index (χ2v) is 5.74. The minimum absolute atomic E-state index is 0.248. The van der Waals surface area contributed by atoms with Crippen LogP contribution in [0.25, 0.3) is 0 Å². The second kappa shape index (κ2) is 6.32. The zero-order valence-corrected chi connectivity index (χ0v) is 11.7. The maximum absolute atomic E-state index is 13.1. The third kappa shape index (κ3) is 3.80. The summed E-state index contributed by atoms with van der Waals surface area (Å²) >= 11 is 7.77. The van der Waals surface area contributed by atoms with E-state index < -0.39 is 0 Å². The predicted molar refractivity (Wildman–Crippen MR) is 75.7 cm³/mol. The molecule has 1 heterocycles. The van der Waals surface area contributed by atoms with Gasteiger partial charge in [-0.25, -0.2) is 4.39 Å². The van der Waals surface area contributed by atoms with E-state index in [-0.39, 0.29) is 5.82 Å². The normalized spacial score (nSPS) is 12.6. The van der Waals surface area contributed by atoms with Crippen molar-refractivity contribution in [3.8, 4) is 0 Å². The number of rotatable bonds is 5. The Morgan fingerprint density at radius 2 is 2.22 bits per heavy atom. The van der Waals surface area contributed by atoms with Crippen molar-refractivity contribution >= 4 is 22.9 Å². The molecule has 0 aliphatic carbocycles. The zero-order valence-electron chi connectivity index (χ0n) is 10.1. The molecule has 1 atom stereocenters. The van der Waals surface area contributed by atoms with Crippen LogP contribution in [-0.2, 0) is 13.0 Å². The highest BCUT2D eigenvalue weighted by Gasteiger charge is 2.06. The van der Waals surface area contributed by atoms with Gasteiger partial charge in [-0.15, -0.1) is 11.3 Å². The highest BCUT2D eigenvalue weighted by atomic mass is 35.5. The molecule has 2 rings (SSSR count). The Hall–Kier alpha value is -0.900. The number of thiophene rings is 1. The number of benzene rings is 1. The summed E-state index contributed by atoms with van der Waals surface area (Å²) in [6.45, 7) is 2.70. The molecular weight excluding hydrogens is 269 g/mol. The molecule has 0 spiro atoms. The van der Waals surface area contributed by atoms with E-state index in [1.165, 1.54) is 17.0 Å². The van der Waals surface area contributed by atoms with E-state index in [0.717, 1.165) is 12.0 Å². The van der Waals surface area contributed by atoms with Crippen molar-refractivity contribution in [1.82, 2.24) is 5.32 Å². The van der Waals surface area contributed by atoms with Crippen molar-refractivity contribution in [2.75, 3.05) is 0 Å². The number of nitrogens with one attached hydrogen (secondary N) is 1. The van der Waals surface area contributed by atoms with Crippen LogP contribution in [0, 0.1) is 5.82 Å². The molecule has 0 aliphatic heterocycles. The van der Waals surface area contributed by atoms with Gasteiger partial charge in [0.25, 0.3) is 0 Å². The van der Waals surface area contributed by atoms with Crippen LogP contribution in [0.5, 0.6) is 0 Å². The lowest BCUT2D eigenvalue weighted by Gasteiger charge is -2.13. The fourth-order valence-electron chi connectivity index (χ4n) is 1.77. The van der Waals surface area contributed by atoms with Crippen LogP contribution < -0.4 is 5.32 Å². The van der Waals surface area contributed by atoms with Gasteiger partial charge in [0.2, 0.25) is 0 Å². The van der Waals surface area contributed by atoms with Crippen LogP contribution in [0.1, 0.15) is 17.4 Å². The summed E-state index contributed by atoms with van der Waals surface area (Å²) in [5.41, 5.74) is 0.801. The SMILES string of the molecule is CC(Cc1cccs1)NCc1cc(F)ccc1Cl. The fourth-order valence-corrected chi connectivity index (χ4v) is 2.79. The maximum Gasteiger partial charge on any atom is 0.123 e. The van der Waals surface area contributed by atoms with E-state index in [9.17, 15) is 4.39 Å². The molecule has 4 heteroatoms. The molecule has 0 fully saturated rings. The molecule has 96 valence electrons. The summed E-state index contributed by atoms with van der Waals surface area (Å²) in [6.07, 6.45) is 0.977. The smallest absolute Gasteiger partial charge is 0.123 e. The topological polar surface area (TPSA) is 12.0 Å². The van der Waals surface area contributed by atoms with Crippen LogP contribution in [0.3, 0.4) is 0 Å². The summed E-state index contributed by atoms with van der Waals surface area (Å²) in [5, 5.41) is 6.04. The van der Waals surface area contributed by atoms with E-state index in [2.05, 4.69) is 29.8 Å². The van der Waals surface area contributed by atoms with Crippen molar-refractivity contribution in [3.63, 3.8) is 0 Å². The summed E-state index contributed by atoms with van der Waals surface area (Å²) in [6, 6.07) is 8.96. The highest BCUT2D eigenvalue weighted by molar-refractivity contribution is 7.09. The van der Waals surface area contributed by atoms with Gasteiger partial charge in [0.15, 0.2) is 0 Å². The molecule has 18 heavy (non-hydrogen) atoms. The lowest BCUT2D eigenvalue weighted by molar-refractivity contribution is 0.545. The average molecular weight is 284 g/mol. The van der Waals surface area contributed by atoms with Crippen molar-refractivity contribution in [2.24, 2.45) is 0 Å². The maximum atomic E-state index is 13.1. The summed E-state index contributed by atoms with van der Waals surface area (Å²) < 4.78 is 13.1. The minimum atomic E-state index is -0.248. The third-order valence-corrected chi connectivity index (χ3v) is 4.00. The largest absolute Gasteiger partial charge is 0.310 e. The van der Waals surface area contributed by atoms with Crippen LogP contribution >= 0.6 is 22.9 Å². The van der Waals surface area contributed by atoms with Gasteiger partial charge in [0, 0.05) is 22.5 Å². The molecule has 1 nitrogen and oxygen atoms in total. The molecule has 0 bridgehead atoms. The monoisotopic (exact) mass is 283 g/mol. The molecule has 0 amide bonds. The average Bonchev–Trinajstić information content (AvgIpc) is 2.83. The lowest BCUT2D eigenvalue weighted by Crippen LogP contribution is -2.27. The Morgan fingerprint density at radius 3 is 2.94 bits per heavy atom. The fraction of sp³-hybridized carbons (Fsp3) is 0.286. The Morgan fingerprint density at radius 1 is 1.39 bits per heavy atom. The van der Waals surface area contributed by atoms with Gasteiger partial charge in [-0.05, 0) is 48.6 Å². The predicted octanol–water partition coefficient (Wildman–Crippen LogP) is 4.26. The first-order valence-corrected chi connectivity index (χ1v) is 7.10. The molecule has 1 aromatic carbocycles. The molecule has 1 aromatic heterocycles. The highest BCUT2D eigenvalue weighted by Crippen LogP contribution is 2.17. The Labute approximate surface area is 116 Å². The van der Waals surface area contributed by atoms with Crippen molar-refractivity contribution in [1.29, 1.82) is 0 Å².